The summed E-state index contributed by atoms with van der Waals surface area (Å²) in [5.41, 5.74) is 1.93. The smallest absolute Gasteiger partial charge is 0.181 e. The number of hydrogen-bond acceptors (Lipinski definition) is 1. The third kappa shape index (κ3) is 1.40. The summed E-state index contributed by atoms with van der Waals surface area (Å²) in [6.07, 6.45) is 0. The number of aryl methyl sites for hydroxylation is 1. The van der Waals surface area contributed by atoms with E-state index in [1.165, 1.54) is 11.3 Å². The van der Waals surface area contributed by atoms with Gasteiger partial charge >= 0.3 is 0 Å². The lowest BCUT2D eigenvalue weighted by Gasteiger charge is -1.95. The summed E-state index contributed by atoms with van der Waals surface area (Å²) in [5, 5.41) is 1.56. The lowest BCUT2D eigenvalue weighted by atomic mass is 10.1. The first-order valence-corrected chi connectivity index (χ1v) is 5.90. The summed E-state index contributed by atoms with van der Waals surface area (Å²) in [6.45, 7) is 2.01. The first kappa shape index (κ1) is 9.16. The molecule has 0 aliphatic carbocycles. The van der Waals surface area contributed by atoms with Crippen LogP contribution >= 0.6 is 27.3 Å². The predicted molar refractivity (Wildman–Crippen MR) is 59.2 cm³/mol. The highest BCUT2D eigenvalue weighted by atomic mass is 79.9. The summed E-state index contributed by atoms with van der Waals surface area (Å²) in [4.78, 5) is 0. The fourth-order valence-electron chi connectivity index (χ4n) is 1.41. The molecule has 0 aliphatic rings. The largest absolute Gasteiger partial charge is 0.195 e. The Morgan fingerprint density at radius 2 is 2.23 bits per heavy atom. The Bertz CT molecular complexity index is 447. The van der Waals surface area contributed by atoms with E-state index in [0.717, 1.165) is 21.2 Å². The second-order valence-electron chi connectivity index (χ2n) is 2.94. The Morgan fingerprint density at radius 1 is 1.46 bits per heavy atom. The molecule has 2 aromatic rings. The second kappa shape index (κ2) is 3.39. The van der Waals surface area contributed by atoms with E-state index in [9.17, 15) is 4.39 Å². The number of hydrogen-bond donors (Lipinski definition) is 0. The highest BCUT2D eigenvalue weighted by Crippen LogP contribution is 2.33. The van der Waals surface area contributed by atoms with Crippen LogP contribution in [0, 0.1) is 12.1 Å². The van der Waals surface area contributed by atoms with Crippen LogP contribution in [0.3, 0.4) is 0 Å². The summed E-state index contributed by atoms with van der Waals surface area (Å²) in [5.74, 6) is 0. The molecule has 3 heteroatoms. The summed E-state index contributed by atoms with van der Waals surface area (Å²) in [7, 11) is 0. The topological polar surface area (TPSA) is 0 Å². The summed E-state index contributed by atoms with van der Waals surface area (Å²) < 4.78 is 14.4. The quantitative estimate of drug-likeness (QED) is 0.672. The minimum absolute atomic E-state index is 0.0684. The number of rotatable bonds is 1. The molecule has 0 spiro atoms. The van der Waals surface area contributed by atoms with E-state index in [4.69, 9.17) is 0 Å². The van der Waals surface area contributed by atoms with Crippen molar-refractivity contribution in [2.45, 2.75) is 12.3 Å². The molecular formula is C10H8BrFS. The fraction of sp³-hybridized carbons (Fsp3) is 0.200. The maximum absolute atomic E-state index is 13.4. The molecule has 0 N–H and O–H groups in total. The van der Waals surface area contributed by atoms with Gasteiger partial charge in [-0.1, -0.05) is 34.1 Å². The van der Waals surface area contributed by atoms with Crippen LogP contribution < -0.4 is 0 Å². The van der Waals surface area contributed by atoms with Gasteiger partial charge in [-0.05, 0) is 17.9 Å². The molecule has 0 bridgehead atoms. The predicted octanol–water partition coefficient (Wildman–Crippen LogP) is 4.24. The molecular weight excluding hydrogens is 251 g/mol. The number of benzene rings is 1. The van der Waals surface area contributed by atoms with E-state index < -0.39 is 0 Å². The van der Waals surface area contributed by atoms with Gasteiger partial charge in [0.1, 0.15) is 0 Å². The zero-order chi connectivity index (χ0) is 9.42. The van der Waals surface area contributed by atoms with Gasteiger partial charge in [0.2, 0.25) is 0 Å². The molecule has 0 amide bonds. The van der Waals surface area contributed by atoms with Crippen LogP contribution in [-0.4, -0.2) is 0 Å². The summed E-state index contributed by atoms with van der Waals surface area (Å²) >= 11 is 4.53. The number of halogens is 2. The molecule has 1 aromatic carbocycles. The molecule has 0 unspecified atom stereocenters. The van der Waals surface area contributed by atoms with E-state index in [0.29, 0.717) is 5.33 Å². The van der Waals surface area contributed by atoms with Crippen molar-refractivity contribution in [3.05, 3.63) is 34.5 Å². The van der Waals surface area contributed by atoms with Crippen molar-refractivity contribution in [1.82, 2.24) is 0 Å². The molecule has 0 saturated carbocycles. The zero-order valence-electron chi connectivity index (χ0n) is 7.10. The van der Waals surface area contributed by atoms with Gasteiger partial charge in [-0.2, -0.15) is 4.39 Å². The van der Waals surface area contributed by atoms with Crippen LogP contribution in [-0.2, 0) is 5.33 Å². The van der Waals surface area contributed by atoms with Crippen LogP contribution in [0.5, 0.6) is 0 Å². The van der Waals surface area contributed by atoms with Gasteiger partial charge in [0, 0.05) is 15.6 Å². The second-order valence-corrected chi connectivity index (χ2v) is 4.47. The van der Waals surface area contributed by atoms with Crippen LogP contribution in [0.15, 0.2) is 18.2 Å². The Kier molecular flexibility index (Phi) is 2.39. The van der Waals surface area contributed by atoms with E-state index in [2.05, 4.69) is 15.9 Å². The third-order valence-corrected chi connectivity index (χ3v) is 3.83. The molecule has 13 heavy (non-hydrogen) atoms. The van der Waals surface area contributed by atoms with E-state index in [1.54, 1.807) is 0 Å². The van der Waals surface area contributed by atoms with Crippen molar-refractivity contribution < 1.29 is 4.39 Å². The number of thiophene rings is 1. The SMILES string of the molecule is Cc1cccc2c(CBr)c(F)sc12. The van der Waals surface area contributed by atoms with E-state index in [-0.39, 0.29) is 5.13 Å². The molecule has 68 valence electrons. The molecule has 0 saturated heterocycles. The first-order valence-electron chi connectivity index (χ1n) is 3.96. The van der Waals surface area contributed by atoms with Crippen LogP contribution in [0.4, 0.5) is 4.39 Å². The Hall–Kier alpha value is -0.410. The van der Waals surface area contributed by atoms with Gasteiger partial charge in [-0.25, -0.2) is 0 Å². The van der Waals surface area contributed by atoms with Crippen LogP contribution in [0.2, 0.25) is 0 Å². The van der Waals surface area contributed by atoms with Crippen LogP contribution in [0.25, 0.3) is 10.1 Å². The monoisotopic (exact) mass is 258 g/mol. The normalized spacial score (nSPS) is 11.0. The van der Waals surface area contributed by atoms with Crippen molar-refractivity contribution in [3.63, 3.8) is 0 Å². The molecule has 2 rings (SSSR count). The highest BCUT2D eigenvalue weighted by molar-refractivity contribution is 9.08. The Morgan fingerprint density at radius 3 is 2.92 bits per heavy atom. The minimum Gasteiger partial charge on any atom is -0.195 e. The highest BCUT2D eigenvalue weighted by Gasteiger charge is 2.11. The Labute approximate surface area is 88.5 Å². The average Bonchev–Trinajstić information content (AvgIpc) is 2.43. The van der Waals surface area contributed by atoms with Gasteiger partial charge in [0.15, 0.2) is 5.13 Å². The molecule has 0 radical (unpaired) electrons. The minimum atomic E-state index is -0.0684. The standard InChI is InChI=1S/C10H8BrFS/c1-6-3-2-4-7-8(5-11)10(12)13-9(6)7/h2-4H,5H2,1H3. The van der Waals surface area contributed by atoms with Crippen molar-refractivity contribution >= 4 is 37.4 Å². The maximum Gasteiger partial charge on any atom is 0.181 e. The van der Waals surface area contributed by atoms with Gasteiger partial charge in [-0.15, -0.1) is 11.3 Å². The molecule has 0 atom stereocenters. The number of fused-ring (bicyclic) bond motifs is 1. The fourth-order valence-corrected chi connectivity index (χ4v) is 3.16. The Balaban J connectivity index is 2.86. The lowest BCUT2D eigenvalue weighted by molar-refractivity contribution is 0.649. The van der Waals surface area contributed by atoms with Crippen LogP contribution in [0.1, 0.15) is 11.1 Å². The molecule has 0 nitrogen and oxygen atoms in total. The molecule has 0 fully saturated rings. The average molecular weight is 259 g/mol. The van der Waals surface area contributed by atoms with E-state index >= 15 is 0 Å². The zero-order valence-corrected chi connectivity index (χ0v) is 9.51. The van der Waals surface area contributed by atoms with Crippen molar-refractivity contribution in [2.24, 2.45) is 0 Å². The van der Waals surface area contributed by atoms with E-state index in [1.807, 2.05) is 25.1 Å². The third-order valence-electron chi connectivity index (χ3n) is 2.10. The molecule has 1 aromatic heterocycles. The number of alkyl halides is 1. The van der Waals surface area contributed by atoms with Gasteiger partial charge < -0.3 is 0 Å². The van der Waals surface area contributed by atoms with Crippen molar-refractivity contribution in [2.75, 3.05) is 0 Å². The lowest BCUT2D eigenvalue weighted by Crippen LogP contribution is -1.77. The molecule has 0 aliphatic heterocycles. The summed E-state index contributed by atoms with van der Waals surface area (Å²) in [6, 6.07) is 5.95. The van der Waals surface area contributed by atoms with Gasteiger partial charge in [0.05, 0.1) is 0 Å². The van der Waals surface area contributed by atoms with Gasteiger partial charge in [-0.3, -0.25) is 0 Å². The van der Waals surface area contributed by atoms with Crippen molar-refractivity contribution in [1.29, 1.82) is 0 Å². The molecule has 1 heterocycles. The first-order chi connectivity index (χ1) is 6.24. The van der Waals surface area contributed by atoms with Gasteiger partial charge in [0.25, 0.3) is 0 Å². The maximum atomic E-state index is 13.4. The van der Waals surface area contributed by atoms with Crippen molar-refractivity contribution in [3.8, 4) is 0 Å².